The minimum Gasteiger partial charge on any atom is -0.508 e. The molecule has 0 spiro atoms. The second-order valence-corrected chi connectivity index (χ2v) is 8.60. The Morgan fingerprint density at radius 2 is 1.75 bits per heavy atom. The summed E-state index contributed by atoms with van der Waals surface area (Å²) in [6, 6.07) is 11.5. The van der Waals surface area contributed by atoms with Crippen LogP contribution < -0.4 is 0 Å². The van der Waals surface area contributed by atoms with E-state index in [0.717, 1.165) is 16.3 Å². The van der Waals surface area contributed by atoms with Crippen LogP contribution in [0.15, 0.2) is 36.4 Å². The van der Waals surface area contributed by atoms with Gasteiger partial charge in [0.05, 0.1) is 6.61 Å². The van der Waals surface area contributed by atoms with Gasteiger partial charge in [0.25, 0.3) is 5.79 Å². The summed E-state index contributed by atoms with van der Waals surface area (Å²) in [6.07, 6.45) is 0. The highest BCUT2D eigenvalue weighted by molar-refractivity contribution is 5.88. The van der Waals surface area contributed by atoms with Crippen LogP contribution in [-0.2, 0) is 20.3 Å². The molecule has 24 heavy (non-hydrogen) atoms. The summed E-state index contributed by atoms with van der Waals surface area (Å²) in [7, 11) is 0. The normalized spacial score (nSPS) is 31.7. The van der Waals surface area contributed by atoms with Crippen LogP contribution in [0.5, 0.6) is 5.75 Å². The minimum atomic E-state index is -1.02. The molecule has 2 saturated heterocycles. The molecule has 2 aliphatic heterocycles. The zero-order valence-corrected chi connectivity index (χ0v) is 14.8. The van der Waals surface area contributed by atoms with E-state index >= 15 is 0 Å². The zero-order valence-electron chi connectivity index (χ0n) is 14.8. The van der Waals surface area contributed by atoms with Crippen molar-refractivity contribution in [2.45, 2.75) is 46.0 Å². The van der Waals surface area contributed by atoms with Crippen LogP contribution in [-0.4, -0.2) is 17.3 Å². The number of phenolic OH excluding ortho intramolecular Hbond substituents is 1. The summed E-state index contributed by atoms with van der Waals surface area (Å²) in [5, 5.41) is 12.2. The molecule has 2 fully saturated rings. The van der Waals surface area contributed by atoms with Gasteiger partial charge in [-0.2, -0.15) is 4.89 Å². The van der Waals surface area contributed by atoms with Gasteiger partial charge in [0.1, 0.15) is 5.75 Å². The lowest BCUT2D eigenvalue weighted by Crippen LogP contribution is -2.73. The van der Waals surface area contributed by atoms with Gasteiger partial charge in [0.15, 0.2) is 5.60 Å². The van der Waals surface area contributed by atoms with Crippen molar-refractivity contribution in [3.63, 3.8) is 0 Å². The van der Waals surface area contributed by atoms with Gasteiger partial charge < -0.3 is 9.84 Å². The van der Waals surface area contributed by atoms with E-state index in [1.54, 1.807) is 12.1 Å². The Morgan fingerprint density at radius 3 is 2.38 bits per heavy atom. The molecule has 0 saturated carbocycles. The molecule has 2 aromatic rings. The van der Waals surface area contributed by atoms with Gasteiger partial charge in [-0.25, -0.2) is 4.89 Å². The third-order valence-corrected chi connectivity index (χ3v) is 5.59. The van der Waals surface area contributed by atoms with Crippen LogP contribution in [0.25, 0.3) is 10.8 Å². The van der Waals surface area contributed by atoms with Crippen LogP contribution in [0.1, 0.15) is 40.2 Å². The minimum absolute atomic E-state index is 0.199. The molecule has 2 aliphatic rings. The molecule has 4 rings (SSSR count). The van der Waals surface area contributed by atoms with Crippen LogP contribution in [0.2, 0.25) is 0 Å². The Balaban J connectivity index is 2.04. The molecule has 2 aromatic carbocycles. The van der Waals surface area contributed by atoms with Crippen molar-refractivity contribution < 1.29 is 19.6 Å². The average Bonchev–Trinajstić information content (AvgIpc) is 2.60. The fourth-order valence-electron chi connectivity index (χ4n) is 4.78. The first kappa shape index (κ1) is 15.9. The van der Waals surface area contributed by atoms with E-state index in [4.69, 9.17) is 14.5 Å². The largest absolute Gasteiger partial charge is 0.508 e. The highest BCUT2D eigenvalue weighted by Gasteiger charge is 2.81. The Hall–Kier alpha value is -1.62. The van der Waals surface area contributed by atoms with E-state index in [1.807, 2.05) is 24.3 Å². The maximum Gasteiger partial charge on any atom is 0.262 e. The lowest BCUT2D eigenvalue weighted by Gasteiger charge is -2.61. The van der Waals surface area contributed by atoms with Gasteiger partial charge in [0.2, 0.25) is 0 Å². The molecule has 0 radical (unpaired) electrons. The van der Waals surface area contributed by atoms with Crippen molar-refractivity contribution in [1.82, 2.24) is 0 Å². The molecular formula is C20H24O4. The zero-order chi connectivity index (χ0) is 17.4. The van der Waals surface area contributed by atoms with E-state index in [9.17, 15) is 5.11 Å². The lowest BCUT2D eigenvalue weighted by atomic mass is 9.57. The van der Waals surface area contributed by atoms with E-state index in [2.05, 4.69) is 34.6 Å². The Morgan fingerprint density at radius 1 is 1.04 bits per heavy atom. The molecule has 2 atom stereocenters. The van der Waals surface area contributed by atoms with E-state index < -0.39 is 11.4 Å². The number of phenols is 1. The molecule has 2 unspecified atom stereocenters. The number of fused-ring (bicyclic) bond motifs is 2. The Kier molecular flexibility index (Phi) is 2.98. The van der Waals surface area contributed by atoms with Crippen molar-refractivity contribution in [2.24, 2.45) is 10.8 Å². The number of aromatic hydroxyl groups is 1. The molecule has 0 amide bonds. The summed E-state index contributed by atoms with van der Waals surface area (Å²) >= 11 is 0. The van der Waals surface area contributed by atoms with Crippen molar-refractivity contribution in [1.29, 1.82) is 0 Å². The van der Waals surface area contributed by atoms with E-state index in [1.165, 1.54) is 0 Å². The Labute approximate surface area is 142 Å². The van der Waals surface area contributed by atoms with Gasteiger partial charge >= 0.3 is 0 Å². The van der Waals surface area contributed by atoms with Crippen LogP contribution >= 0.6 is 0 Å². The Bertz CT molecular complexity index is 820. The van der Waals surface area contributed by atoms with Gasteiger partial charge in [-0.3, -0.25) is 0 Å². The van der Waals surface area contributed by atoms with Gasteiger partial charge in [0, 0.05) is 16.4 Å². The number of hydrogen-bond donors (Lipinski definition) is 1. The molecule has 128 valence electrons. The monoisotopic (exact) mass is 328 g/mol. The standard InChI is InChI=1S/C20H24O4/c1-17(2,3)20-18(4,5)12-22-19(20,23-24-20)16-11-14(21)10-13-8-6-7-9-15(13)16/h6-11,21H,12H2,1-5H3. The summed E-state index contributed by atoms with van der Waals surface area (Å²) in [5.41, 5.74) is -0.290. The van der Waals surface area contributed by atoms with Gasteiger partial charge in [-0.15, -0.1) is 0 Å². The molecule has 0 bridgehead atoms. The van der Waals surface area contributed by atoms with Gasteiger partial charge in [-0.1, -0.05) is 58.9 Å². The highest BCUT2D eigenvalue weighted by atomic mass is 17.3. The quantitative estimate of drug-likeness (QED) is 0.783. The highest BCUT2D eigenvalue weighted by Crippen LogP contribution is 2.69. The predicted octanol–water partition coefficient (Wildman–Crippen LogP) is 4.50. The summed E-state index contributed by atoms with van der Waals surface area (Å²) < 4.78 is 6.28. The third-order valence-electron chi connectivity index (χ3n) is 5.59. The van der Waals surface area contributed by atoms with Crippen molar-refractivity contribution in [2.75, 3.05) is 6.61 Å². The van der Waals surface area contributed by atoms with E-state index in [-0.39, 0.29) is 16.6 Å². The molecule has 0 aliphatic carbocycles. The smallest absolute Gasteiger partial charge is 0.262 e. The first-order valence-electron chi connectivity index (χ1n) is 8.38. The summed E-state index contributed by atoms with van der Waals surface area (Å²) in [5.74, 6) is -0.822. The van der Waals surface area contributed by atoms with Crippen LogP contribution in [0.3, 0.4) is 0 Å². The molecule has 1 N–H and O–H groups in total. The fraction of sp³-hybridized carbons (Fsp3) is 0.500. The van der Waals surface area contributed by atoms with Gasteiger partial charge in [-0.05, 0) is 22.9 Å². The summed E-state index contributed by atoms with van der Waals surface area (Å²) in [6.45, 7) is 11.2. The first-order valence-corrected chi connectivity index (χ1v) is 8.38. The predicted molar refractivity (Wildman–Crippen MR) is 91.4 cm³/mol. The number of hydrogen-bond acceptors (Lipinski definition) is 4. The number of benzene rings is 2. The molecule has 2 heterocycles. The number of ether oxygens (including phenoxy) is 1. The van der Waals surface area contributed by atoms with Crippen molar-refractivity contribution in [3.05, 3.63) is 42.0 Å². The van der Waals surface area contributed by atoms with Crippen LogP contribution in [0.4, 0.5) is 0 Å². The topological polar surface area (TPSA) is 47.9 Å². The van der Waals surface area contributed by atoms with Crippen LogP contribution in [0, 0.1) is 10.8 Å². The second-order valence-electron chi connectivity index (χ2n) is 8.60. The molecular weight excluding hydrogens is 304 g/mol. The summed E-state index contributed by atoms with van der Waals surface area (Å²) in [4.78, 5) is 11.6. The average molecular weight is 328 g/mol. The fourth-order valence-corrected chi connectivity index (χ4v) is 4.78. The first-order chi connectivity index (χ1) is 11.1. The molecule has 4 heteroatoms. The lowest BCUT2D eigenvalue weighted by molar-refractivity contribution is -0.626. The van der Waals surface area contributed by atoms with Crippen molar-refractivity contribution >= 4 is 10.8 Å². The SMILES string of the molecule is CC(C)(C)C12OOC1(c1cc(O)cc3ccccc13)OCC2(C)C. The molecule has 0 aromatic heterocycles. The maximum atomic E-state index is 10.3. The molecule has 4 nitrogen and oxygen atoms in total. The maximum absolute atomic E-state index is 10.3. The van der Waals surface area contributed by atoms with E-state index in [0.29, 0.717) is 6.61 Å². The number of rotatable bonds is 1. The van der Waals surface area contributed by atoms with Crippen molar-refractivity contribution in [3.8, 4) is 5.75 Å². The second kappa shape index (κ2) is 4.51. The third kappa shape index (κ3) is 1.64.